The molecule has 0 amide bonds. The Labute approximate surface area is 183 Å². The van der Waals surface area contributed by atoms with Gasteiger partial charge in [-0.1, -0.05) is 36.4 Å². The lowest BCUT2D eigenvalue weighted by molar-refractivity contribution is 0.409. The van der Waals surface area contributed by atoms with E-state index in [9.17, 15) is 0 Å². The van der Waals surface area contributed by atoms with Crippen LogP contribution in [0.2, 0.25) is 0 Å². The van der Waals surface area contributed by atoms with Crippen molar-refractivity contribution in [2.45, 2.75) is 19.9 Å². The first-order valence-electron chi connectivity index (χ1n) is 9.28. The van der Waals surface area contributed by atoms with Gasteiger partial charge in [0.15, 0.2) is 5.96 Å². The number of para-hydroxylation sites is 2. The van der Waals surface area contributed by atoms with Crippen LogP contribution in [0.1, 0.15) is 18.1 Å². The number of benzene rings is 2. The highest BCUT2D eigenvalue weighted by molar-refractivity contribution is 14.0. The summed E-state index contributed by atoms with van der Waals surface area (Å²) < 4.78 is 5.42. The Balaban J connectivity index is 0.00000280. The Morgan fingerprint density at radius 2 is 1.79 bits per heavy atom. The molecule has 0 aliphatic rings. The van der Waals surface area contributed by atoms with Gasteiger partial charge in [0.05, 0.1) is 19.2 Å². The number of halogens is 1. The number of hydrogen-bond donors (Lipinski definition) is 2. The van der Waals surface area contributed by atoms with E-state index in [0.717, 1.165) is 42.1 Å². The van der Waals surface area contributed by atoms with Crippen LogP contribution in [0.3, 0.4) is 0 Å². The van der Waals surface area contributed by atoms with E-state index in [4.69, 9.17) is 9.73 Å². The van der Waals surface area contributed by atoms with E-state index in [1.807, 2.05) is 48.7 Å². The molecular formula is C22H27IN4O. The molecule has 3 rings (SSSR count). The number of nitrogens with zero attached hydrogens (tertiary/aromatic N) is 2. The largest absolute Gasteiger partial charge is 0.496 e. The smallest absolute Gasteiger partial charge is 0.191 e. The number of rotatable bonds is 7. The molecule has 2 N–H and O–H groups in total. The van der Waals surface area contributed by atoms with Gasteiger partial charge in [0.25, 0.3) is 0 Å². The van der Waals surface area contributed by atoms with Crippen molar-refractivity contribution in [3.8, 4) is 5.75 Å². The molecule has 2 aromatic carbocycles. The minimum atomic E-state index is 0. The molecule has 0 unspecified atom stereocenters. The van der Waals surface area contributed by atoms with Gasteiger partial charge < -0.3 is 15.4 Å². The van der Waals surface area contributed by atoms with E-state index < -0.39 is 0 Å². The molecule has 5 nitrogen and oxygen atoms in total. The molecule has 0 bridgehead atoms. The van der Waals surface area contributed by atoms with Crippen LogP contribution < -0.4 is 15.4 Å². The van der Waals surface area contributed by atoms with Crippen LogP contribution in [0.4, 0.5) is 0 Å². The van der Waals surface area contributed by atoms with Crippen molar-refractivity contribution in [2.24, 2.45) is 4.99 Å². The topological polar surface area (TPSA) is 58.5 Å². The normalized spacial score (nSPS) is 11.0. The second kappa shape index (κ2) is 11.5. The average molecular weight is 490 g/mol. The zero-order valence-corrected chi connectivity index (χ0v) is 18.6. The van der Waals surface area contributed by atoms with Crippen LogP contribution >= 0.6 is 24.0 Å². The molecule has 0 atom stereocenters. The Hall–Kier alpha value is -2.35. The highest BCUT2D eigenvalue weighted by Gasteiger charge is 2.04. The van der Waals surface area contributed by atoms with Gasteiger partial charge in [-0.2, -0.15) is 0 Å². The first kappa shape index (κ1) is 21.9. The second-order valence-corrected chi connectivity index (χ2v) is 6.17. The quantitative estimate of drug-likeness (QED) is 0.297. The third kappa shape index (κ3) is 5.82. The predicted molar refractivity (Wildman–Crippen MR) is 127 cm³/mol. The van der Waals surface area contributed by atoms with Gasteiger partial charge in [0, 0.05) is 24.7 Å². The van der Waals surface area contributed by atoms with E-state index in [0.29, 0.717) is 6.54 Å². The Morgan fingerprint density at radius 3 is 2.61 bits per heavy atom. The van der Waals surface area contributed by atoms with Crippen LogP contribution in [0.5, 0.6) is 5.75 Å². The maximum atomic E-state index is 5.42. The van der Waals surface area contributed by atoms with E-state index in [1.165, 1.54) is 11.1 Å². The number of aliphatic imine (C=N–C) groups is 1. The molecule has 0 fully saturated rings. The minimum absolute atomic E-state index is 0. The van der Waals surface area contributed by atoms with E-state index in [2.05, 4.69) is 34.7 Å². The molecule has 3 aromatic rings. The summed E-state index contributed by atoms with van der Waals surface area (Å²) in [5.74, 6) is 1.73. The van der Waals surface area contributed by atoms with Crippen molar-refractivity contribution in [3.05, 3.63) is 71.9 Å². The zero-order chi connectivity index (χ0) is 18.9. The molecule has 148 valence electrons. The Kier molecular flexibility index (Phi) is 9.00. The van der Waals surface area contributed by atoms with E-state index >= 15 is 0 Å². The highest BCUT2D eigenvalue weighted by atomic mass is 127. The maximum Gasteiger partial charge on any atom is 0.191 e. The lowest BCUT2D eigenvalue weighted by atomic mass is 10.1. The van der Waals surface area contributed by atoms with E-state index in [-0.39, 0.29) is 24.0 Å². The van der Waals surface area contributed by atoms with Crippen molar-refractivity contribution in [1.82, 2.24) is 15.6 Å². The number of methoxy groups -OCH3 is 1. The number of ether oxygens (including phenoxy) is 1. The maximum absolute atomic E-state index is 5.42. The minimum Gasteiger partial charge on any atom is -0.496 e. The average Bonchev–Trinajstić information content (AvgIpc) is 2.72. The summed E-state index contributed by atoms with van der Waals surface area (Å²) in [5, 5.41) is 7.86. The summed E-state index contributed by atoms with van der Waals surface area (Å²) in [6.07, 6.45) is 2.71. The van der Waals surface area contributed by atoms with Crippen LogP contribution in [0, 0.1) is 0 Å². The molecule has 28 heavy (non-hydrogen) atoms. The Bertz CT molecular complexity index is 908. The van der Waals surface area contributed by atoms with Gasteiger partial charge in [0.2, 0.25) is 0 Å². The number of aromatic nitrogens is 1. The summed E-state index contributed by atoms with van der Waals surface area (Å²) >= 11 is 0. The van der Waals surface area contributed by atoms with Crippen molar-refractivity contribution in [2.75, 3.05) is 20.2 Å². The van der Waals surface area contributed by atoms with Gasteiger partial charge in [-0.05, 0) is 42.7 Å². The summed E-state index contributed by atoms with van der Waals surface area (Å²) in [6, 6.07) is 18.3. The summed E-state index contributed by atoms with van der Waals surface area (Å²) in [4.78, 5) is 9.16. The van der Waals surface area contributed by atoms with Crippen LogP contribution in [0.25, 0.3) is 10.9 Å². The zero-order valence-electron chi connectivity index (χ0n) is 16.3. The first-order valence-corrected chi connectivity index (χ1v) is 9.28. The monoisotopic (exact) mass is 490 g/mol. The number of pyridine rings is 1. The third-order valence-electron chi connectivity index (χ3n) is 4.37. The first-order chi connectivity index (χ1) is 13.3. The fourth-order valence-corrected chi connectivity index (χ4v) is 3.02. The fraction of sp³-hybridized carbons (Fsp3) is 0.273. The molecule has 0 aliphatic heterocycles. The summed E-state index contributed by atoms with van der Waals surface area (Å²) in [6.45, 7) is 4.27. The molecular weight excluding hydrogens is 463 g/mol. The second-order valence-electron chi connectivity index (χ2n) is 6.17. The number of hydrogen-bond acceptors (Lipinski definition) is 3. The van der Waals surface area contributed by atoms with E-state index in [1.54, 1.807) is 7.11 Å². The van der Waals surface area contributed by atoms with Crippen molar-refractivity contribution >= 4 is 40.8 Å². The number of nitrogens with one attached hydrogen (secondary N) is 2. The highest BCUT2D eigenvalue weighted by Crippen LogP contribution is 2.18. The molecule has 6 heteroatoms. The van der Waals surface area contributed by atoms with Gasteiger partial charge in [-0.3, -0.25) is 4.98 Å². The van der Waals surface area contributed by atoms with Gasteiger partial charge in [-0.25, -0.2) is 4.99 Å². The van der Waals surface area contributed by atoms with Crippen molar-refractivity contribution in [1.29, 1.82) is 0 Å². The predicted octanol–water partition coefficient (Wildman–Crippen LogP) is 4.16. The van der Waals surface area contributed by atoms with Gasteiger partial charge >= 0.3 is 0 Å². The van der Waals surface area contributed by atoms with Crippen molar-refractivity contribution in [3.63, 3.8) is 0 Å². The van der Waals surface area contributed by atoms with Crippen LogP contribution in [-0.2, 0) is 13.0 Å². The molecule has 0 saturated heterocycles. The lowest BCUT2D eigenvalue weighted by Crippen LogP contribution is -2.38. The van der Waals surface area contributed by atoms with Crippen LogP contribution in [0.15, 0.2) is 65.8 Å². The van der Waals surface area contributed by atoms with Gasteiger partial charge in [0.1, 0.15) is 5.75 Å². The SMILES string of the molecule is CCNC(=NCc1ccnc2ccccc12)NCCc1ccccc1OC.I. The van der Waals surface area contributed by atoms with Gasteiger partial charge in [-0.15, -0.1) is 24.0 Å². The molecule has 0 saturated carbocycles. The summed E-state index contributed by atoms with van der Waals surface area (Å²) in [7, 11) is 1.71. The molecule has 1 heterocycles. The fourth-order valence-electron chi connectivity index (χ4n) is 3.02. The molecule has 0 spiro atoms. The lowest BCUT2D eigenvalue weighted by Gasteiger charge is -2.13. The molecule has 0 aliphatic carbocycles. The Morgan fingerprint density at radius 1 is 1.00 bits per heavy atom. The number of fused-ring (bicyclic) bond motifs is 1. The molecule has 1 aromatic heterocycles. The summed E-state index contributed by atoms with van der Waals surface area (Å²) in [5.41, 5.74) is 3.35. The molecule has 0 radical (unpaired) electrons. The standard InChI is InChI=1S/C22H26N4O.HI/c1-3-23-22(25-15-12-17-8-4-7-11-21(17)27-2)26-16-18-13-14-24-20-10-6-5-9-19(18)20;/h4-11,13-14H,3,12,15-16H2,1-2H3,(H2,23,25,26);1H. The van der Waals surface area contributed by atoms with Crippen molar-refractivity contribution < 1.29 is 4.74 Å². The van der Waals surface area contributed by atoms with Crippen LogP contribution in [-0.4, -0.2) is 31.1 Å². The number of guanidine groups is 1. The third-order valence-corrected chi connectivity index (χ3v) is 4.37.